The minimum absolute atomic E-state index is 0.152. The number of rotatable bonds is 3. The van der Waals surface area contributed by atoms with Gasteiger partial charge in [-0.1, -0.05) is 90.0 Å². The third-order valence-electron chi connectivity index (χ3n) is 8.52. The van der Waals surface area contributed by atoms with Gasteiger partial charge in [0.2, 0.25) is 0 Å². The number of nitrogens with zero attached hydrogens (tertiary/aromatic N) is 1. The molecular weight excluding hydrogens is 506 g/mol. The van der Waals surface area contributed by atoms with Gasteiger partial charge < -0.3 is 4.90 Å². The van der Waals surface area contributed by atoms with Crippen molar-refractivity contribution in [3.05, 3.63) is 142 Å². The number of ketones is 3. The van der Waals surface area contributed by atoms with Gasteiger partial charge in [0.25, 0.3) is 0 Å². The second-order valence-electron chi connectivity index (χ2n) is 10.6. The Labute approximate surface area is 231 Å². The predicted molar refractivity (Wildman–Crippen MR) is 153 cm³/mol. The Morgan fingerprint density at radius 3 is 2.13 bits per heavy atom. The molecule has 3 atom stereocenters. The molecule has 4 nitrogen and oxygen atoms in total. The van der Waals surface area contributed by atoms with Gasteiger partial charge in [-0.15, -0.1) is 0 Å². The average Bonchev–Trinajstić information content (AvgIpc) is 3.39. The van der Waals surface area contributed by atoms with Crippen LogP contribution < -0.4 is 4.90 Å². The van der Waals surface area contributed by atoms with E-state index in [0.717, 1.165) is 22.4 Å². The maximum absolute atomic E-state index is 14.6. The lowest BCUT2D eigenvalue weighted by Gasteiger charge is -2.37. The van der Waals surface area contributed by atoms with E-state index in [1.165, 1.54) is 0 Å². The number of benzene rings is 4. The molecule has 190 valence electrons. The highest BCUT2D eigenvalue weighted by molar-refractivity contribution is 6.32. The number of hydrogen-bond donors (Lipinski definition) is 0. The van der Waals surface area contributed by atoms with Gasteiger partial charge in [-0.25, -0.2) is 0 Å². The average molecular weight is 530 g/mol. The number of hydrogen-bond acceptors (Lipinski definition) is 4. The van der Waals surface area contributed by atoms with Crippen molar-refractivity contribution in [2.24, 2.45) is 5.41 Å². The number of fused-ring (bicyclic) bond motifs is 5. The third kappa shape index (κ3) is 3.22. The fourth-order valence-corrected chi connectivity index (χ4v) is 7.04. The van der Waals surface area contributed by atoms with E-state index in [1.807, 2.05) is 66.4 Å². The number of aryl methyl sites for hydroxylation is 1. The Morgan fingerprint density at radius 1 is 0.821 bits per heavy atom. The van der Waals surface area contributed by atoms with Crippen molar-refractivity contribution in [3.63, 3.8) is 0 Å². The van der Waals surface area contributed by atoms with Gasteiger partial charge in [0, 0.05) is 33.3 Å². The summed E-state index contributed by atoms with van der Waals surface area (Å²) in [5, 5.41) is 0.533. The summed E-state index contributed by atoms with van der Waals surface area (Å²) in [7, 11) is 0. The van der Waals surface area contributed by atoms with E-state index in [-0.39, 0.29) is 17.3 Å². The van der Waals surface area contributed by atoms with E-state index in [4.69, 9.17) is 11.6 Å². The Morgan fingerprint density at radius 2 is 1.46 bits per heavy atom. The van der Waals surface area contributed by atoms with Crippen molar-refractivity contribution in [1.29, 1.82) is 0 Å². The lowest BCUT2D eigenvalue weighted by atomic mass is 9.64. The Hall–Kier alpha value is -4.28. The van der Waals surface area contributed by atoms with Gasteiger partial charge in [-0.3, -0.25) is 14.4 Å². The second kappa shape index (κ2) is 8.62. The van der Waals surface area contributed by atoms with Gasteiger partial charge in [0.05, 0.1) is 6.04 Å². The topological polar surface area (TPSA) is 54.5 Å². The van der Waals surface area contributed by atoms with Gasteiger partial charge >= 0.3 is 0 Å². The zero-order chi connectivity index (χ0) is 26.9. The minimum atomic E-state index is -1.49. The minimum Gasteiger partial charge on any atom is -0.352 e. The molecule has 0 amide bonds. The predicted octanol–water partition coefficient (Wildman–Crippen LogP) is 6.96. The van der Waals surface area contributed by atoms with Gasteiger partial charge in [-0.2, -0.15) is 0 Å². The molecule has 1 fully saturated rings. The molecule has 2 aliphatic heterocycles. The monoisotopic (exact) mass is 529 g/mol. The van der Waals surface area contributed by atoms with Crippen LogP contribution in [0.1, 0.15) is 53.7 Å². The first kappa shape index (κ1) is 23.8. The van der Waals surface area contributed by atoms with Crippen LogP contribution in [0, 0.1) is 12.3 Å². The molecule has 0 radical (unpaired) electrons. The first-order valence-corrected chi connectivity index (χ1v) is 13.4. The van der Waals surface area contributed by atoms with Gasteiger partial charge in [0.15, 0.2) is 17.3 Å². The van der Waals surface area contributed by atoms with Crippen molar-refractivity contribution in [3.8, 4) is 0 Å². The Kier molecular flexibility index (Phi) is 5.26. The molecule has 1 saturated heterocycles. The zero-order valence-electron chi connectivity index (χ0n) is 21.2. The molecule has 5 heteroatoms. The first-order valence-electron chi connectivity index (χ1n) is 13.0. The van der Waals surface area contributed by atoms with E-state index in [1.54, 1.807) is 48.5 Å². The van der Waals surface area contributed by atoms with Crippen molar-refractivity contribution >= 4 is 40.7 Å². The molecule has 7 rings (SSSR count). The van der Waals surface area contributed by atoms with Crippen LogP contribution >= 0.6 is 11.6 Å². The number of halogens is 1. The summed E-state index contributed by atoms with van der Waals surface area (Å²) in [5.41, 5.74) is 3.52. The molecule has 3 aliphatic rings. The van der Waals surface area contributed by atoms with Crippen LogP contribution in [0.15, 0.2) is 103 Å². The van der Waals surface area contributed by atoms with Crippen molar-refractivity contribution in [2.75, 3.05) is 4.90 Å². The van der Waals surface area contributed by atoms with Crippen LogP contribution in [0.3, 0.4) is 0 Å². The molecule has 1 spiro atoms. The maximum atomic E-state index is 14.6. The summed E-state index contributed by atoms with van der Waals surface area (Å²) < 4.78 is 0. The summed E-state index contributed by atoms with van der Waals surface area (Å²) >= 11 is 6.16. The summed E-state index contributed by atoms with van der Waals surface area (Å²) in [6.45, 7) is 2.02. The van der Waals surface area contributed by atoms with Crippen LogP contribution in [-0.4, -0.2) is 29.4 Å². The number of carbonyl (C=O) groups is 3. The number of anilines is 1. The standard InChI is InChI=1S/C34H24ClNO3/c1-20-11-17-27-23(19-20)14-18-28-34(32(38)25-9-5-6-10-26(25)33(34)39)29(21-7-3-2-4-8-21)30(36(27)28)31(37)22-12-15-24(35)16-13-22/h2-19,28-30H,1H3/t28-,29-,30+/m0/s1. The van der Waals surface area contributed by atoms with E-state index in [9.17, 15) is 14.4 Å². The summed E-state index contributed by atoms with van der Waals surface area (Å²) in [6.07, 6.45) is 3.94. The van der Waals surface area contributed by atoms with Gasteiger partial charge in [-0.05, 0) is 54.4 Å². The molecule has 39 heavy (non-hydrogen) atoms. The van der Waals surface area contributed by atoms with Crippen molar-refractivity contribution < 1.29 is 14.4 Å². The molecule has 0 saturated carbocycles. The maximum Gasteiger partial charge on any atom is 0.185 e. The molecule has 4 aromatic rings. The highest BCUT2D eigenvalue weighted by atomic mass is 35.5. The second-order valence-corrected chi connectivity index (χ2v) is 11.0. The highest BCUT2D eigenvalue weighted by Crippen LogP contribution is 2.61. The van der Waals surface area contributed by atoms with E-state index < -0.39 is 23.4 Å². The molecular formula is C34H24ClNO3. The molecule has 2 heterocycles. The van der Waals surface area contributed by atoms with E-state index in [2.05, 4.69) is 6.07 Å². The smallest absolute Gasteiger partial charge is 0.185 e. The third-order valence-corrected chi connectivity index (χ3v) is 8.77. The largest absolute Gasteiger partial charge is 0.352 e. The highest BCUT2D eigenvalue weighted by Gasteiger charge is 2.71. The molecule has 0 N–H and O–H groups in total. The van der Waals surface area contributed by atoms with E-state index >= 15 is 0 Å². The van der Waals surface area contributed by atoms with Crippen LogP contribution in [0.4, 0.5) is 5.69 Å². The SMILES string of the molecule is Cc1ccc2c(c1)C=C[C@@H]1N2[C@@H](C(=O)c2ccc(Cl)cc2)[C@H](c2ccccc2)C12C(=O)c1ccccc1C2=O. The Bertz CT molecular complexity index is 1670. The zero-order valence-corrected chi connectivity index (χ0v) is 21.9. The summed E-state index contributed by atoms with van der Waals surface area (Å²) in [4.78, 5) is 45.8. The number of Topliss-reactive ketones (excluding diaryl/α,β-unsaturated/α-hetero) is 3. The molecule has 0 bridgehead atoms. The summed E-state index contributed by atoms with van der Waals surface area (Å²) in [6, 6.07) is 28.1. The van der Waals surface area contributed by atoms with Crippen LogP contribution in [0.2, 0.25) is 5.02 Å². The van der Waals surface area contributed by atoms with Crippen LogP contribution in [-0.2, 0) is 0 Å². The van der Waals surface area contributed by atoms with E-state index in [0.29, 0.717) is 21.7 Å². The van der Waals surface area contributed by atoms with Crippen molar-refractivity contribution in [2.45, 2.75) is 24.9 Å². The molecule has 4 aromatic carbocycles. The first-order chi connectivity index (χ1) is 18.9. The number of carbonyl (C=O) groups excluding carboxylic acids is 3. The van der Waals surface area contributed by atoms with Crippen molar-refractivity contribution in [1.82, 2.24) is 0 Å². The summed E-state index contributed by atoms with van der Waals surface area (Å²) in [5.74, 6) is -1.31. The van der Waals surface area contributed by atoms with Gasteiger partial charge in [0.1, 0.15) is 11.5 Å². The molecule has 0 unspecified atom stereocenters. The fraction of sp³-hybridized carbons (Fsp3) is 0.147. The molecule has 1 aliphatic carbocycles. The quantitative estimate of drug-likeness (QED) is 0.212. The molecule has 0 aromatic heterocycles. The fourth-order valence-electron chi connectivity index (χ4n) is 6.91. The normalized spacial score (nSPS) is 22.1. The lowest BCUT2D eigenvalue weighted by molar-refractivity contribution is 0.0666. The van der Waals surface area contributed by atoms with Crippen LogP contribution in [0.25, 0.3) is 6.08 Å². The van der Waals surface area contributed by atoms with Crippen LogP contribution in [0.5, 0.6) is 0 Å². The lowest BCUT2D eigenvalue weighted by Crippen LogP contribution is -2.48. The Balaban J connectivity index is 1.54.